The van der Waals surface area contributed by atoms with E-state index in [1.54, 1.807) is 0 Å². The topological polar surface area (TPSA) is 21.3 Å². The van der Waals surface area contributed by atoms with Gasteiger partial charge in [-0.1, -0.05) is 36.5 Å². The molecule has 0 bridgehead atoms. The van der Waals surface area contributed by atoms with Crippen LogP contribution in [0, 0.1) is 11.8 Å². The van der Waals surface area contributed by atoms with Crippen LogP contribution < -0.4 is 5.32 Å². The van der Waals surface area contributed by atoms with Gasteiger partial charge in [0.05, 0.1) is 6.61 Å². The van der Waals surface area contributed by atoms with Crippen LogP contribution in [-0.4, -0.2) is 25.8 Å². The Kier molecular flexibility index (Phi) is 5.09. The molecule has 1 aromatic carbocycles. The fourth-order valence-corrected chi connectivity index (χ4v) is 1.98. The Morgan fingerprint density at radius 1 is 1.24 bits per heavy atom. The van der Waals surface area contributed by atoms with E-state index in [1.165, 1.54) is 19.3 Å². The van der Waals surface area contributed by atoms with Crippen molar-refractivity contribution in [3.63, 3.8) is 0 Å². The third kappa shape index (κ3) is 4.60. The molecule has 0 aliphatic carbocycles. The average Bonchev–Trinajstić information content (AvgIpc) is 2.41. The van der Waals surface area contributed by atoms with Gasteiger partial charge in [0, 0.05) is 11.6 Å². The van der Waals surface area contributed by atoms with E-state index in [0.717, 1.165) is 18.7 Å². The fourth-order valence-electron chi connectivity index (χ4n) is 1.98. The lowest BCUT2D eigenvalue weighted by Crippen LogP contribution is -2.37. The van der Waals surface area contributed by atoms with Crippen LogP contribution in [0.4, 0.5) is 0 Å². The van der Waals surface area contributed by atoms with Gasteiger partial charge in [-0.15, -0.1) is 0 Å². The van der Waals surface area contributed by atoms with Gasteiger partial charge in [0.2, 0.25) is 0 Å². The van der Waals surface area contributed by atoms with Gasteiger partial charge >= 0.3 is 0 Å². The van der Waals surface area contributed by atoms with Gasteiger partial charge in [-0.3, -0.25) is 0 Å². The zero-order valence-corrected chi connectivity index (χ0v) is 10.1. The summed E-state index contributed by atoms with van der Waals surface area (Å²) in [5, 5.41) is 3.45. The van der Waals surface area contributed by atoms with Gasteiger partial charge in [-0.25, -0.2) is 0 Å². The molecule has 0 saturated carbocycles. The highest BCUT2D eigenvalue weighted by Gasteiger charge is 2.11. The monoisotopic (exact) mass is 229 g/mol. The van der Waals surface area contributed by atoms with Gasteiger partial charge in [-0.2, -0.15) is 0 Å². The Morgan fingerprint density at radius 2 is 2.12 bits per heavy atom. The van der Waals surface area contributed by atoms with Crippen LogP contribution in [-0.2, 0) is 4.74 Å². The normalized spacial score (nSPS) is 19.4. The summed E-state index contributed by atoms with van der Waals surface area (Å²) in [4.78, 5) is 0. The highest BCUT2D eigenvalue weighted by molar-refractivity contribution is 5.33. The summed E-state index contributed by atoms with van der Waals surface area (Å²) < 4.78 is 5.56. The maximum Gasteiger partial charge on any atom is 0.108 e. The fraction of sp³-hybridized carbons (Fsp3) is 0.467. The van der Waals surface area contributed by atoms with Crippen molar-refractivity contribution in [1.82, 2.24) is 5.32 Å². The first-order valence-electron chi connectivity index (χ1n) is 6.30. The quantitative estimate of drug-likeness (QED) is 0.633. The molecule has 90 valence electrons. The van der Waals surface area contributed by atoms with Gasteiger partial charge in [-0.05, 0) is 31.5 Å². The van der Waals surface area contributed by atoms with Gasteiger partial charge < -0.3 is 10.1 Å². The SMILES string of the molecule is C(#Cc1ccccc1)COCC1CCCCN1. The summed E-state index contributed by atoms with van der Waals surface area (Å²) in [7, 11) is 0. The maximum absolute atomic E-state index is 5.56. The second kappa shape index (κ2) is 7.11. The predicted octanol–water partition coefficient (Wildman–Crippen LogP) is 2.20. The molecule has 1 aliphatic heterocycles. The molecule has 2 heteroatoms. The molecular formula is C15H19NO. The smallest absolute Gasteiger partial charge is 0.108 e. The molecule has 17 heavy (non-hydrogen) atoms. The Balaban J connectivity index is 1.64. The third-order valence-corrected chi connectivity index (χ3v) is 2.91. The van der Waals surface area contributed by atoms with Crippen molar-refractivity contribution in [2.45, 2.75) is 25.3 Å². The lowest BCUT2D eigenvalue weighted by Gasteiger charge is -2.22. The first-order chi connectivity index (χ1) is 8.45. The first kappa shape index (κ1) is 12.2. The lowest BCUT2D eigenvalue weighted by atomic mass is 10.1. The summed E-state index contributed by atoms with van der Waals surface area (Å²) in [5.74, 6) is 6.13. The van der Waals surface area contributed by atoms with Crippen molar-refractivity contribution in [2.75, 3.05) is 19.8 Å². The molecule has 2 rings (SSSR count). The number of hydrogen-bond donors (Lipinski definition) is 1. The van der Waals surface area contributed by atoms with Crippen LogP contribution in [0.2, 0.25) is 0 Å². The van der Waals surface area contributed by atoms with Crippen LogP contribution in [0.3, 0.4) is 0 Å². The highest BCUT2D eigenvalue weighted by Crippen LogP contribution is 2.06. The van der Waals surface area contributed by atoms with E-state index in [0.29, 0.717) is 12.6 Å². The van der Waals surface area contributed by atoms with E-state index in [9.17, 15) is 0 Å². The first-order valence-corrected chi connectivity index (χ1v) is 6.30. The maximum atomic E-state index is 5.56. The van der Waals surface area contributed by atoms with Crippen LogP contribution in [0.15, 0.2) is 30.3 Å². The zero-order chi connectivity index (χ0) is 11.8. The Hall–Kier alpha value is -1.30. The summed E-state index contributed by atoms with van der Waals surface area (Å²) in [6, 6.07) is 10.5. The minimum atomic E-state index is 0.521. The largest absolute Gasteiger partial charge is 0.367 e. The number of nitrogens with one attached hydrogen (secondary N) is 1. The molecule has 0 amide bonds. The Bertz CT molecular complexity index is 371. The molecule has 0 radical (unpaired) electrons. The van der Waals surface area contributed by atoms with Crippen LogP contribution in [0.5, 0.6) is 0 Å². The summed E-state index contributed by atoms with van der Waals surface area (Å²) >= 11 is 0. The highest BCUT2D eigenvalue weighted by atomic mass is 16.5. The van der Waals surface area contributed by atoms with Crippen molar-refractivity contribution in [3.05, 3.63) is 35.9 Å². The summed E-state index contributed by atoms with van der Waals surface area (Å²) in [6.07, 6.45) is 3.84. The van der Waals surface area contributed by atoms with Crippen LogP contribution in [0.25, 0.3) is 0 Å². The number of rotatable bonds is 3. The molecule has 0 spiro atoms. The second-order valence-corrected chi connectivity index (χ2v) is 4.33. The lowest BCUT2D eigenvalue weighted by molar-refractivity contribution is 0.129. The van der Waals surface area contributed by atoms with Crippen molar-refractivity contribution < 1.29 is 4.74 Å². The molecule has 1 N–H and O–H groups in total. The second-order valence-electron chi connectivity index (χ2n) is 4.33. The van der Waals surface area contributed by atoms with Crippen molar-refractivity contribution >= 4 is 0 Å². The minimum Gasteiger partial charge on any atom is -0.367 e. The molecule has 1 atom stereocenters. The van der Waals surface area contributed by atoms with Crippen LogP contribution >= 0.6 is 0 Å². The van der Waals surface area contributed by atoms with Crippen LogP contribution in [0.1, 0.15) is 24.8 Å². The van der Waals surface area contributed by atoms with E-state index >= 15 is 0 Å². The summed E-state index contributed by atoms with van der Waals surface area (Å²) in [6.45, 7) is 2.43. The Morgan fingerprint density at radius 3 is 2.88 bits per heavy atom. The van der Waals surface area contributed by atoms with Gasteiger partial charge in [0.15, 0.2) is 0 Å². The van der Waals surface area contributed by atoms with Crippen molar-refractivity contribution in [1.29, 1.82) is 0 Å². The molecule has 2 nitrogen and oxygen atoms in total. The number of benzene rings is 1. The standard InChI is InChI=1S/C15H19NO/c1-2-7-14(8-3-1)9-6-12-17-13-15-10-4-5-11-16-15/h1-3,7-8,15-16H,4-5,10-13H2. The number of piperidine rings is 1. The van der Waals surface area contributed by atoms with E-state index in [4.69, 9.17) is 4.74 Å². The van der Waals surface area contributed by atoms with E-state index in [-0.39, 0.29) is 0 Å². The molecule has 1 heterocycles. The van der Waals surface area contributed by atoms with E-state index < -0.39 is 0 Å². The van der Waals surface area contributed by atoms with Crippen molar-refractivity contribution in [2.24, 2.45) is 0 Å². The molecule has 1 unspecified atom stereocenters. The molecule has 1 aliphatic rings. The summed E-state index contributed by atoms with van der Waals surface area (Å²) in [5.41, 5.74) is 1.05. The van der Waals surface area contributed by atoms with Gasteiger partial charge in [0.1, 0.15) is 6.61 Å². The molecule has 0 aromatic heterocycles. The predicted molar refractivity (Wildman–Crippen MR) is 69.8 cm³/mol. The van der Waals surface area contributed by atoms with Crippen molar-refractivity contribution in [3.8, 4) is 11.8 Å². The molecule has 1 saturated heterocycles. The average molecular weight is 229 g/mol. The van der Waals surface area contributed by atoms with Gasteiger partial charge in [0.25, 0.3) is 0 Å². The number of hydrogen-bond acceptors (Lipinski definition) is 2. The van der Waals surface area contributed by atoms with E-state index in [1.807, 2.05) is 30.3 Å². The molecule has 1 fully saturated rings. The van der Waals surface area contributed by atoms with E-state index in [2.05, 4.69) is 17.2 Å². The number of ether oxygens (including phenoxy) is 1. The third-order valence-electron chi connectivity index (χ3n) is 2.91. The zero-order valence-electron chi connectivity index (χ0n) is 10.1. The molecular weight excluding hydrogens is 210 g/mol. The Labute approximate surface area is 103 Å². The molecule has 1 aromatic rings. The minimum absolute atomic E-state index is 0.521.